The first-order chi connectivity index (χ1) is 14.1. The van der Waals surface area contributed by atoms with Crippen molar-refractivity contribution in [3.8, 4) is 5.88 Å². The fourth-order valence-corrected chi connectivity index (χ4v) is 4.31. The number of carbonyl (C=O) groups is 1. The Morgan fingerprint density at radius 3 is 2.43 bits per heavy atom. The topological polar surface area (TPSA) is 115 Å². The minimum absolute atomic E-state index is 0.105. The Hall–Kier alpha value is -3.11. The van der Waals surface area contributed by atoms with Gasteiger partial charge in [0, 0.05) is 7.05 Å². The van der Waals surface area contributed by atoms with Crippen molar-refractivity contribution < 1.29 is 17.9 Å². The first-order valence-corrected chi connectivity index (χ1v) is 10.6. The van der Waals surface area contributed by atoms with Crippen molar-refractivity contribution >= 4 is 38.9 Å². The highest BCUT2D eigenvalue weighted by Crippen LogP contribution is 2.29. The van der Waals surface area contributed by atoms with E-state index in [0.29, 0.717) is 5.69 Å². The summed E-state index contributed by atoms with van der Waals surface area (Å²) in [7, 11) is -1.15. The van der Waals surface area contributed by atoms with Crippen LogP contribution in [0.25, 0.3) is 0 Å². The van der Waals surface area contributed by atoms with Crippen molar-refractivity contribution in [3.63, 3.8) is 0 Å². The summed E-state index contributed by atoms with van der Waals surface area (Å²) >= 11 is 6.04. The summed E-state index contributed by atoms with van der Waals surface area (Å²) in [5.74, 6) is -0.655. The van der Waals surface area contributed by atoms with Gasteiger partial charge in [-0.25, -0.2) is 13.4 Å². The molecule has 0 bridgehead atoms. The Balaban J connectivity index is 1.96. The van der Waals surface area contributed by atoms with E-state index < -0.39 is 15.9 Å². The molecule has 30 heavy (non-hydrogen) atoms. The number of hydrogen-bond donors (Lipinski definition) is 2. The number of amides is 1. The third-order valence-electron chi connectivity index (χ3n) is 4.39. The van der Waals surface area contributed by atoms with Crippen molar-refractivity contribution in [2.24, 2.45) is 7.05 Å². The number of ether oxygens (including phenoxy) is 1. The van der Waals surface area contributed by atoms with Crippen LogP contribution in [0.15, 0.2) is 41.6 Å². The van der Waals surface area contributed by atoms with E-state index in [4.69, 9.17) is 16.3 Å². The Bertz CT molecular complexity index is 1200. The second-order valence-electron chi connectivity index (χ2n) is 6.53. The lowest BCUT2D eigenvalue weighted by atomic mass is 10.1. The average molecular weight is 450 g/mol. The number of benzene rings is 1. The molecule has 1 aromatic carbocycles. The summed E-state index contributed by atoms with van der Waals surface area (Å²) < 4.78 is 35.2. The highest BCUT2D eigenvalue weighted by Gasteiger charge is 2.24. The Kier molecular flexibility index (Phi) is 5.99. The molecule has 3 rings (SSSR count). The van der Waals surface area contributed by atoms with Crippen LogP contribution < -0.4 is 14.8 Å². The van der Waals surface area contributed by atoms with Gasteiger partial charge in [-0.15, -0.1) is 0 Å². The van der Waals surface area contributed by atoms with E-state index in [1.165, 1.54) is 30.3 Å². The molecule has 3 aromatic rings. The summed E-state index contributed by atoms with van der Waals surface area (Å²) in [4.78, 5) is 16.3. The lowest BCUT2D eigenvalue weighted by Crippen LogP contribution is -2.18. The SMILES string of the molecule is COc1ncc(NC(=O)c2cnn(C)c2Cl)cc1S(=O)(=O)Nc1c(C)cccc1C. The van der Waals surface area contributed by atoms with Crippen molar-refractivity contribution in [1.82, 2.24) is 14.8 Å². The summed E-state index contributed by atoms with van der Waals surface area (Å²) in [5, 5.41) is 6.64. The largest absolute Gasteiger partial charge is 0.480 e. The first kappa shape index (κ1) is 21.6. The van der Waals surface area contributed by atoms with Gasteiger partial charge in [0.2, 0.25) is 5.88 Å². The molecular weight excluding hydrogens is 430 g/mol. The first-order valence-electron chi connectivity index (χ1n) is 8.76. The number of halogens is 1. The minimum Gasteiger partial charge on any atom is -0.480 e. The van der Waals surface area contributed by atoms with E-state index in [1.807, 2.05) is 6.07 Å². The highest BCUT2D eigenvalue weighted by molar-refractivity contribution is 7.92. The fourth-order valence-electron chi connectivity index (χ4n) is 2.78. The zero-order valence-electron chi connectivity index (χ0n) is 16.7. The Morgan fingerprint density at radius 2 is 1.87 bits per heavy atom. The summed E-state index contributed by atoms with van der Waals surface area (Å²) in [5.41, 5.74) is 2.30. The van der Waals surface area contributed by atoms with Crippen molar-refractivity contribution in [3.05, 3.63) is 58.5 Å². The van der Waals surface area contributed by atoms with E-state index in [-0.39, 0.29) is 27.2 Å². The third-order valence-corrected chi connectivity index (χ3v) is 6.18. The maximum absolute atomic E-state index is 13.1. The molecule has 0 radical (unpaired) electrons. The number of pyridine rings is 1. The summed E-state index contributed by atoms with van der Waals surface area (Å²) in [6.45, 7) is 3.60. The average Bonchev–Trinajstić information content (AvgIpc) is 3.03. The maximum atomic E-state index is 13.1. The molecule has 0 spiro atoms. The van der Waals surface area contributed by atoms with Crippen LogP contribution >= 0.6 is 11.6 Å². The standard InChI is InChI=1S/C19H20ClN5O4S/c1-11-6-5-7-12(2)16(11)24-30(27,28)15-8-13(9-21-19(15)29-4)23-18(26)14-10-22-25(3)17(14)20/h5-10,24H,1-4H3,(H,23,26). The molecule has 0 saturated carbocycles. The highest BCUT2D eigenvalue weighted by atomic mass is 35.5. The van der Waals surface area contributed by atoms with Gasteiger partial charge < -0.3 is 10.1 Å². The van der Waals surface area contributed by atoms with E-state index >= 15 is 0 Å². The normalized spacial score (nSPS) is 11.2. The van der Waals surface area contributed by atoms with Crippen LogP contribution in [0.4, 0.5) is 11.4 Å². The van der Waals surface area contributed by atoms with Crippen molar-refractivity contribution in [1.29, 1.82) is 0 Å². The smallest absolute Gasteiger partial charge is 0.267 e. The van der Waals surface area contributed by atoms with Gasteiger partial charge in [-0.3, -0.25) is 14.2 Å². The monoisotopic (exact) mass is 449 g/mol. The van der Waals surface area contributed by atoms with E-state index in [9.17, 15) is 13.2 Å². The van der Waals surface area contributed by atoms with E-state index in [0.717, 1.165) is 11.1 Å². The molecule has 158 valence electrons. The number of aromatic nitrogens is 3. The minimum atomic E-state index is -4.06. The molecule has 0 aliphatic rings. The maximum Gasteiger partial charge on any atom is 0.267 e. The molecule has 0 fully saturated rings. The van der Waals surface area contributed by atoms with Gasteiger partial charge in [0.25, 0.3) is 15.9 Å². The van der Waals surface area contributed by atoms with Crippen LogP contribution in [0.1, 0.15) is 21.5 Å². The van der Waals surface area contributed by atoms with Gasteiger partial charge in [0.15, 0.2) is 4.90 Å². The zero-order valence-corrected chi connectivity index (χ0v) is 18.3. The number of nitrogens with one attached hydrogen (secondary N) is 2. The summed E-state index contributed by atoms with van der Waals surface area (Å²) in [6, 6.07) is 6.71. The Labute approximate surface area is 179 Å². The van der Waals surface area contributed by atoms with Crippen LogP contribution in [0.5, 0.6) is 5.88 Å². The third kappa shape index (κ3) is 4.24. The predicted octanol–water partition coefficient (Wildman–Crippen LogP) is 3.15. The molecule has 1 amide bonds. The van der Waals surface area contributed by atoms with Gasteiger partial charge in [-0.2, -0.15) is 5.10 Å². The molecular formula is C19H20ClN5O4S. The van der Waals surface area contributed by atoms with Crippen LogP contribution in [0, 0.1) is 13.8 Å². The molecule has 2 N–H and O–H groups in total. The van der Waals surface area contributed by atoms with E-state index in [2.05, 4.69) is 20.1 Å². The van der Waals surface area contributed by atoms with Crippen LogP contribution in [-0.2, 0) is 17.1 Å². The lowest BCUT2D eigenvalue weighted by molar-refractivity contribution is 0.102. The predicted molar refractivity (Wildman–Crippen MR) is 114 cm³/mol. The number of rotatable bonds is 6. The van der Waals surface area contributed by atoms with Crippen molar-refractivity contribution in [2.75, 3.05) is 17.1 Å². The lowest BCUT2D eigenvalue weighted by Gasteiger charge is -2.15. The molecule has 9 nitrogen and oxygen atoms in total. The molecule has 0 aliphatic heterocycles. The molecule has 0 saturated heterocycles. The zero-order chi connectivity index (χ0) is 22.1. The number of carbonyl (C=O) groups excluding carboxylic acids is 1. The quantitative estimate of drug-likeness (QED) is 0.597. The summed E-state index contributed by atoms with van der Waals surface area (Å²) in [6.07, 6.45) is 2.60. The number of hydrogen-bond acceptors (Lipinski definition) is 6. The number of nitrogens with zero attached hydrogens (tertiary/aromatic N) is 3. The number of para-hydroxylation sites is 1. The van der Waals surface area contributed by atoms with Gasteiger partial charge in [0.05, 0.1) is 36.4 Å². The van der Waals surface area contributed by atoms with Crippen LogP contribution in [-0.4, -0.2) is 36.2 Å². The van der Waals surface area contributed by atoms with Crippen molar-refractivity contribution in [2.45, 2.75) is 18.7 Å². The molecule has 11 heteroatoms. The van der Waals surface area contributed by atoms with Gasteiger partial charge in [-0.05, 0) is 31.0 Å². The second kappa shape index (κ2) is 8.33. The Morgan fingerprint density at radius 1 is 1.20 bits per heavy atom. The number of sulfonamides is 1. The number of anilines is 2. The van der Waals surface area contributed by atoms with Crippen LogP contribution in [0.3, 0.4) is 0 Å². The second-order valence-corrected chi connectivity index (χ2v) is 8.54. The van der Waals surface area contributed by atoms with Crippen LogP contribution in [0.2, 0.25) is 5.15 Å². The fraction of sp³-hybridized carbons (Fsp3) is 0.211. The number of methoxy groups -OCH3 is 1. The molecule has 0 aliphatic carbocycles. The molecule has 0 atom stereocenters. The van der Waals surface area contributed by atoms with Gasteiger partial charge in [-0.1, -0.05) is 29.8 Å². The van der Waals surface area contributed by atoms with E-state index in [1.54, 1.807) is 33.0 Å². The molecule has 0 unspecified atom stereocenters. The number of aryl methyl sites for hydroxylation is 3. The van der Waals surface area contributed by atoms with Gasteiger partial charge >= 0.3 is 0 Å². The molecule has 2 aromatic heterocycles. The molecule has 2 heterocycles. The van der Waals surface area contributed by atoms with Gasteiger partial charge in [0.1, 0.15) is 5.15 Å².